The van der Waals surface area contributed by atoms with Crippen molar-refractivity contribution in [2.75, 3.05) is 10.7 Å². The number of fused-ring (bicyclic) bond motifs is 1. The van der Waals surface area contributed by atoms with E-state index in [-0.39, 0.29) is 22.6 Å². The van der Waals surface area contributed by atoms with Gasteiger partial charge in [-0.15, -0.1) is 0 Å². The number of primary sulfonamides is 1. The van der Waals surface area contributed by atoms with E-state index < -0.39 is 10.0 Å². The number of hydrogen-bond acceptors (Lipinski definition) is 5. The molecule has 168 valence electrons. The smallest absolute Gasteiger partial charge is 0.238 e. The van der Waals surface area contributed by atoms with Crippen molar-refractivity contribution in [1.29, 1.82) is 0 Å². The van der Waals surface area contributed by atoms with E-state index in [1.54, 1.807) is 23.2 Å². The Morgan fingerprint density at radius 2 is 1.94 bits per heavy atom. The molecule has 4 rings (SSSR count). The third-order valence-electron chi connectivity index (χ3n) is 5.63. The second-order valence-corrected chi connectivity index (χ2v) is 10.8. The van der Waals surface area contributed by atoms with Gasteiger partial charge in [-0.05, 0) is 60.7 Å². The number of rotatable bonds is 6. The summed E-state index contributed by atoms with van der Waals surface area (Å²) in [6, 6.07) is 13.0. The van der Waals surface area contributed by atoms with Crippen LogP contribution in [0, 0.1) is 0 Å². The van der Waals surface area contributed by atoms with E-state index >= 15 is 0 Å². The van der Waals surface area contributed by atoms with E-state index in [2.05, 4.69) is 43.1 Å². The molecule has 1 unspecified atom stereocenters. The Kier molecular flexibility index (Phi) is 6.15. The normalized spacial score (nSPS) is 15.9. The van der Waals surface area contributed by atoms with Crippen molar-refractivity contribution < 1.29 is 13.2 Å². The first kappa shape index (κ1) is 22.6. The van der Waals surface area contributed by atoms with Crippen molar-refractivity contribution in [3.63, 3.8) is 0 Å². The van der Waals surface area contributed by atoms with Crippen LogP contribution in [0.15, 0.2) is 64.9 Å². The molecule has 1 aromatic heterocycles. The van der Waals surface area contributed by atoms with Gasteiger partial charge in [-0.2, -0.15) is 0 Å². The lowest BCUT2D eigenvalue weighted by Crippen LogP contribution is -2.37. The van der Waals surface area contributed by atoms with Gasteiger partial charge in [0.2, 0.25) is 15.9 Å². The second kappa shape index (κ2) is 8.73. The SMILES string of the molecule is CC(C)c1ccc(-n2ccnc2SCC(=O)N2c3ccc(S(N)(=O)=O)cc3CC2C)cc1. The molecular formula is C23H26N4O3S2. The van der Waals surface area contributed by atoms with Gasteiger partial charge >= 0.3 is 0 Å². The maximum absolute atomic E-state index is 13.1. The van der Waals surface area contributed by atoms with Crippen LogP contribution in [0.4, 0.5) is 5.69 Å². The highest BCUT2D eigenvalue weighted by molar-refractivity contribution is 7.99. The van der Waals surface area contributed by atoms with E-state index in [1.165, 1.54) is 23.4 Å². The van der Waals surface area contributed by atoms with Gasteiger partial charge in [0.15, 0.2) is 5.16 Å². The Morgan fingerprint density at radius 1 is 1.22 bits per heavy atom. The van der Waals surface area contributed by atoms with Crippen LogP contribution in [0.1, 0.15) is 37.8 Å². The van der Waals surface area contributed by atoms with Gasteiger partial charge in [0.1, 0.15) is 0 Å². The summed E-state index contributed by atoms with van der Waals surface area (Å²) >= 11 is 1.38. The van der Waals surface area contributed by atoms with Gasteiger partial charge in [0.25, 0.3) is 0 Å². The van der Waals surface area contributed by atoms with Crippen LogP contribution in [0.25, 0.3) is 5.69 Å². The monoisotopic (exact) mass is 470 g/mol. The van der Waals surface area contributed by atoms with Crippen LogP contribution in [-0.4, -0.2) is 35.7 Å². The van der Waals surface area contributed by atoms with Crippen LogP contribution in [0.3, 0.4) is 0 Å². The number of aromatic nitrogens is 2. The lowest BCUT2D eigenvalue weighted by Gasteiger charge is -2.22. The van der Waals surface area contributed by atoms with Crippen LogP contribution in [-0.2, 0) is 21.2 Å². The average molecular weight is 471 g/mol. The summed E-state index contributed by atoms with van der Waals surface area (Å²) < 4.78 is 25.3. The molecule has 2 aromatic carbocycles. The standard InChI is InChI=1S/C23H26N4O3S2/c1-15(2)17-4-6-19(7-5-17)26-11-10-25-23(26)31-14-22(28)27-16(3)12-18-13-20(32(24,29)30)8-9-21(18)27/h4-11,13,15-16H,12,14H2,1-3H3,(H2,24,29,30). The summed E-state index contributed by atoms with van der Waals surface area (Å²) in [4.78, 5) is 19.3. The van der Waals surface area contributed by atoms with Crippen molar-refractivity contribution in [1.82, 2.24) is 9.55 Å². The molecule has 0 spiro atoms. The van der Waals surface area contributed by atoms with E-state index in [4.69, 9.17) is 5.14 Å². The molecule has 1 aliphatic rings. The quantitative estimate of drug-likeness (QED) is 0.554. The zero-order chi connectivity index (χ0) is 23.0. The molecule has 0 aliphatic carbocycles. The second-order valence-electron chi connectivity index (χ2n) is 8.27. The van der Waals surface area contributed by atoms with Crippen molar-refractivity contribution >= 4 is 33.4 Å². The third-order valence-corrected chi connectivity index (χ3v) is 7.50. The van der Waals surface area contributed by atoms with Crippen LogP contribution in [0.2, 0.25) is 0 Å². The van der Waals surface area contributed by atoms with Crippen molar-refractivity contribution in [2.24, 2.45) is 5.14 Å². The molecule has 3 aromatic rings. The zero-order valence-electron chi connectivity index (χ0n) is 18.2. The molecule has 2 N–H and O–H groups in total. The molecule has 32 heavy (non-hydrogen) atoms. The fraction of sp³-hybridized carbons (Fsp3) is 0.304. The highest BCUT2D eigenvalue weighted by Crippen LogP contribution is 2.34. The van der Waals surface area contributed by atoms with E-state index in [0.29, 0.717) is 12.3 Å². The van der Waals surface area contributed by atoms with E-state index in [0.717, 1.165) is 22.1 Å². The highest BCUT2D eigenvalue weighted by Gasteiger charge is 2.31. The average Bonchev–Trinajstić information content (AvgIpc) is 3.34. The van der Waals surface area contributed by atoms with Crippen LogP contribution >= 0.6 is 11.8 Å². The Bertz CT molecular complexity index is 1250. The predicted octanol–water partition coefficient (Wildman–Crippen LogP) is 3.71. The number of carbonyl (C=O) groups is 1. The molecule has 1 atom stereocenters. The molecule has 0 bridgehead atoms. The number of thioether (sulfide) groups is 1. The third kappa shape index (κ3) is 4.46. The molecule has 0 fully saturated rings. The summed E-state index contributed by atoms with van der Waals surface area (Å²) in [5.41, 5.74) is 3.82. The molecule has 0 radical (unpaired) electrons. The summed E-state index contributed by atoms with van der Waals surface area (Å²) in [6.07, 6.45) is 4.21. The number of carbonyl (C=O) groups excluding carboxylic acids is 1. The maximum Gasteiger partial charge on any atom is 0.238 e. The first-order valence-corrected chi connectivity index (χ1v) is 12.9. The lowest BCUT2D eigenvalue weighted by atomic mass is 10.0. The number of nitrogens with zero attached hydrogens (tertiary/aromatic N) is 3. The molecule has 0 saturated carbocycles. The Labute approximate surface area is 192 Å². The Hall–Kier alpha value is -2.62. The molecule has 1 aliphatic heterocycles. The molecular weight excluding hydrogens is 444 g/mol. The van der Waals surface area contributed by atoms with Gasteiger partial charge in [0, 0.05) is 29.8 Å². The number of amides is 1. The zero-order valence-corrected chi connectivity index (χ0v) is 19.9. The lowest BCUT2D eigenvalue weighted by molar-refractivity contribution is -0.116. The first-order valence-electron chi connectivity index (χ1n) is 10.4. The molecule has 1 amide bonds. The molecule has 9 heteroatoms. The van der Waals surface area contributed by atoms with E-state index in [1.807, 2.05) is 17.7 Å². The van der Waals surface area contributed by atoms with Gasteiger partial charge < -0.3 is 4.90 Å². The molecule has 0 saturated heterocycles. The van der Waals surface area contributed by atoms with Gasteiger partial charge in [-0.1, -0.05) is 37.7 Å². The molecule has 7 nitrogen and oxygen atoms in total. The number of sulfonamides is 1. The van der Waals surface area contributed by atoms with Gasteiger partial charge in [-0.25, -0.2) is 18.5 Å². The fourth-order valence-corrected chi connectivity index (χ4v) is 5.37. The van der Waals surface area contributed by atoms with Gasteiger partial charge in [0.05, 0.1) is 10.6 Å². The van der Waals surface area contributed by atoms with E-state index in [9.17, 15) is 13.2 Å². The highest BCUT2D eigenvalue weighted by atomic mass is 32.2. The van der Waals surface area contributed by atoms with Crippen molar-refractivity contribution in [3.05, 3.63) is 66.0 Å². The largest absolute Gasteiger partial charge is 0.308 e. The number of anilines is 1. The first-order chi connectivity index (χ1) is 15.1. The minimum absolute atomic E-state index is 0.0469. The molecule has 2 heterocycles. The maximum atomic E-state index is 13.1. The summed E-state index contributed by atoms with van der Waals surface area (Å²) in [5, 5.41) is 5.99. The number of nitrogens with two attached hydrogens (primary N) is 1. The number of hydrogen-bond donors (Lipinski definition) is 1. The fourth-order valence-electron chi connectivity index (χ4n) is 3.97. The van der Waals surface area contributed by atoms with Crippen LogP contribution in [0.5, 0.6) is 0 Å². The minimum Gasteiger partial charge on any atom is -0.308 e. The summed E-state index contributed by atoms with van der Waals surface area (Å²) in [5.74, 6) is 0.640. The Morgan fingerprint density at radius 3 is 2.59 bits per heavy atom. The summed E-state index contributed by atoms with van der Waals surface area (Å²) in [7, 11) is -3.78. The topological polar surface area (TPSA) is 98.3 Å². The predicted molar refractivity (Wildman–Crippen MR) is 127 cm³/mol. The van der Waals surface area contributed by atoms with Crippen molar-refractivity contribution in [2.45, 2.75) is 49.2 Å². The minimum atomic E-state index is -3.78. The summed E-state index contributed by atoms with van der Waals surface area (Å²) in [6.45, 7) is 6.27. The Balaban J connectivity index is 1.49. The number of benzene rings is 2. The van der Waals surface area contributed by atoms with Gasteiger partial charge in [-0.3, -0.25) is 9.36 Å². The van der Waals surface area contributed by atoms with Crippen molar-refractivity contribution in [3.8, 4) is 5.69 Å². The number of imidazole rings is 1. The van der Waals surface area contributed by atoms with Crippen LogP contribution < -0.4 is 10.0 Å².